The van der Waals surface area contributed by atoms with Crippen LogP contribution in [0, 0.1) is 0 Å². The van der Waals surface area contributed by atoms with E-state index in [0.29, 0.717) is 12.8 Å². The van der Waals surface area contributed by atoms with E-state index in [0.717, 1.165) is 12.0 Å². The van der Waals surface area contributed by atoms with Crippen molar-refractivity contribution in [3.63, 3.8) is 0 Å². The number of carbonyl (C=O) groups excluding carboxylic acids is 1. The Morgan fingerprint density at radius 3 is 2.40 bits per heavy atom. The normalized spacial score (nSPS) is 13.3. The Bertz CT molecular complexity index is 434. The highest BCUT2D eigenvalue weighted by molar-refractivity contribution is 5.82. The van der Waals surface area contributed by atoms with Crippen LogP contribution in [0.25, 0.3) is 0 Å². The molecule has 0 aliphatic heterocycles. The Balaban J connectivity index is 2.48. The van der Waals surface area contributed by atoms with Crippen LogP contribution in [0.2, 0.25) is 0 Å². The number of aliphatic carboxylic acids is 1. The molecule has 0 heterocycles. The molecule has 5 heteroatoms. The van der Waals surface area contributed by atoms with Gasteiger partial charge in [-0.25, -0.2) is 9.59 Å². The fraction of sp³-hybridized carbons (Fsp3) is 0.467. The lowest BCUT2D eigenvalue weighted by atomic mass is 10.1. The van der Waals surface area contributed by atoms with Crippen molar-refractivity contribution in [3.8, 4) is 0 Å². The van der Waals surface area contributed by atoms with Gasteiger partial charge in [-0.15, -0.1) is 0 Å². The molecule has 0 aliphatic carbocycles. The summed E-state index contributed by atoms with van der Waals surface area (Å²) in [7, 11) is 0. The highest BCUT2D eigenvalue weighted by Gasteiger charge is 2.20. The molecule has 1 aromatic carbocycles. The van der Waals surface area contributed by atoms with Crippen LogP contribution >= 0.6 is 0 Å². The summed E-state index contributed by atoms with van der Waals surface area (Å²) in [5.41, 5.74) is 1.06. The van der Waals surface area contributed by atoms with E-state index in [1.54, 1.807) is 0 Å². The van der Waals surface area contributed by atoms with Gasteiger partial charge in [0.2, 0.25) is 0 Å². The first-order valence-corrected chi connectivity index (χ1v) is 6.86. The molecule has 0 aliphatic rings. The molecule has 1 aromatic rings. The van der Waals surface area contributed by atoms with Crippen molar-refractivity contribution in [2.45, 2.75) is 45.2 Å². The fourth-order valence-electron chi connectivity index (χ4n) is 1.74. The van der Waals surface area contributed by atoms with Crippen molar-refractivity contribution in [2.75, 3.05) is 0 Å². The van der Waals surface area contributed by atoms with Gasteiger partial charge in [-0.05, 0) is 31.7 Å². The largest absolute Gasteiger partial charge is 0.480 e. The van der Waals surface area contributed by atoms with E-state index in [1.165, 1.54) is 0 Å². The topological polar surface area (TPSA) is 78.4 Å². The molecular weight excluding hydrogens is 256 g/mol. The number of hydrogen-bond acceptors (Lipinski definition) is 2. The number of urea groups is 1. The predicted molar refractivity (Wildman–Crippen MR) is 77.6 cm³/mol. The van der Waals surface area contributed by atoms with Gasteiger partial charge in [-0.3, -0.25) is 0 Å². The lowest BCUT2D eigenvalue weighted by Gasteiger charge is -2.17. The summed E-state index contributed by atoms with van der Waals surface area (Å²) in [6, 6.07) is 8.34. The molecule has 0 bridgehead atoms. The van der Waals surface area contributed by atoms with Crippen LogP contribution in [0.4, 0.5) is 4.79 Å². The summed E-state index contributed by atoms with van der Waals surface area (Å²) in [5, 5.41) is 14.4. The van der Waals surface area contributed by atoms with Crippen molar-refractivity contribution in [3.05, 3.63) is 35.9 Å². The van der Waals surface area contributed by atoms with Crippen LogP contribution in [-0.4, -0.2) is 29.2 Å². The summed E-state index contributed by atoms with van der Waals surface area (Å²) in [6.45, 7) is 3.83. The third kappa shape index (κ3) is 5.73. The first-order valence-electron chi connectivity index (χ1n) is 6.86. The van der Waals surface area contributed by atoms with E-state index < -0.39 is 18.0 Å². The second-order valence-corrected chi connectivity index (χ2v) is 4.84. The molecule has 0 radical (unpaired) electrons. The van der Waals surface area contributed by atoms with Crippen molar-refractivity contribution < 1.29 is 14.7 Å². The van der Waals surface area contributed by atoms with Gasteiger partial charge in [0.1, 0.15) is 6.04 Å². The van der Waals surface area contributed by atoms with E-state index in [2.05, 4.69) is 10.6 Å². The molecule has 5 nitrogen and oxygen atoms in total. The number of benzene rings is 1. The van der Waals surface area contributed by atoms with E-state index in [1.807, 2.05) is 44.2 Å². The van der Waals surface area contributed by atoms with Crippen LogP contribution < -0.4 is 10.6 Å². The molecule has 1 unspecified atom stereocenters. The van der Waals surface area contributed by atoms with Gasteiger partial charge in [-0.2, -0.15) is 0 Å². The summed E-state index contributed by atoms with van der Waals surface area (Å²) < 4.78 is 0. The van der Waals surface area contributed by atoms with Crippen molar-refractivity contribution >= 4 is 12.0 Å². The van der Waals surface area contributed by atoms with Gasteiger partial charge in [0, 0.05) is 6.04 Å². The number of rotatable bonds is 7. The van der Waals surface area contributed by atoms with Gasteiger partial charge in [0.15, 0.2) is 0 Å². The summed E-state index contributed by atoms with van der Waals surface area (Å²) in [4.78, 5) is 22.8. The van der Waals surface area contributed by atoms with Gasteiger partial charge >= 0.3 is 12.0 Å². The maximum absolute atomic E-state index is 11.7. The van der Waals surface area contributed by atoms with Crippen molar-refractivity contribution in [1.29, 1.82) is 0 Å². The van der Waals surface area contributed by atoms with Crippen LogP contribution in [0.3, 0.4) is 0 Å². The quantitative estimate of drug-likeness (QED) is 0.715. The molecule has 20 heavy (non-hydrogen) atoms. The number of carboxylic acids is 1. The molecule has 0 fully saturated rings. The molecule has 110 valence electrons. The number of aryl methyl sites for hydroxylation is 1. The zero-order valence-corrected chi connectivity index (χ0v) is 11.9. The molecule has 1 rings (SSSR count). The highest BCUT2D eigenvalue weighted by Crippen LogP contribution is 2.05. The Hall–Kier alpha value is -2.04. The van der Waals surface area contributed by atoms with Gasteiger partial charge in [-0.1, -0.05) is 37.3 Å². The van der Waals surface area contributed by atoms with Crippen LogP contribution in [0.5, 0.6) is 0 Å². The molecule has 2 atom stereocenters. The summed E-state index contributed by atoms with van der Waals surface area (Å²) >= 11 is 0. The first-order chi connectivity index (χ1) is 9.52. The Morgan fingerprint density at radius 1 is 1.20 bits per heavy atom. The second kappa shape index (κ2) is 8.19. The average Bonchev–Trinajstić information content (AvgIpc) is 2.44. The average molecular weight is 278 g/mol. The smallest absolute Gasteiger partial charge is 0.326 e. The van der Waals surface area contributed by atoms with E-state index in [4.69, 9.17) is 5.11 Å². The third-order valence-electron chi connectivity index (χ3n) is 3.16. The van der Waals surface area contributed by atoms with E-state index in [-0.39, 0.29) is 6.04 Å². The lowest BCUT2D eigenvalue weighted by molar-refractivity contribution is -0.139. The number of hydrogen-bond donors (Lipinski definition) is 3. The van der Waals surface area contributed by atoms with Crippen LogP contribution in [-0.2, 0) is 11.2 Å². The minimum atomic E-state index is -1.01. The zero-order chi connectivity index (χ0) is 15.0. The summed E-state index contributed by atoms with van der Waals surface area (Å²) in [5.74, 6) is -1.01. The number of amides is 2. The SMILES string of the molecule is CCC(C)NC(=O)N[C@@H](CCc1ccccc1)C(=O)O. The molecule has 0 saturated heterocycles. The molecule has 2 amide bonds. The molecular formula is C15H22N2O3. The maximum Gasteiger partial charge on any atom is 0.326 e. The second-order valence-electron chi connectivity index (χ2n) is 4.84. The van der Waals surface area contributed by atoms with Gasteiger partial charge in [0.05, 0.1) is 0 Å². The molecule has 0 spiro atoms. The van der Waals surface area contributed by atoms with Crippen LogP contribution in [0.15, 0.2) is 30.3 Å². The molecule has 0 saturated carbocycles. The van der Waals surface area contributed by atoms with E-state index >= 15 is 0 Å². The van der Waals surface area contributed by atoms with Crippen molar-refractivity contribution in [1.82, 2.24) is 10.6 Å². The Labute approximate surface area is 119 Å². The predicted octanol–water partition coefficient (Wildman–Crippen LogP) is 2.17. The van der Waals surface area contributed by atoms with Crippen LogP contribution in [0.1, 0.15) is 32.3 Å². The number of carboxylic acid groups (broad SMARTS) is 1. The number of nitrogens with one attached hydrogen (secondary N) is 2. The Morgan fingerprint density at radius 2 is 1.85 bits per heavy atom. The Kier molecular flexibility index (Phi) is 6.56. The monoisotopic (exact) mass is 278 g/mol. The number of carbonyl (C=O) groups is 2. The minimum absolute atomic E-state index is 0.0265. The third-order valence-corrected chi connectivity index (χ3v) is 3.16. The molecule has 3 N–H and O–H groups in total. The fourth-order valence-corrected chi connectivity index (χ4v) is 1.74. The minimum Gasteiger partial charge on any atom is -0.480 e. The first kappa shape index (κ1) is 16.0. The van der Waals surface area contributed by atoms with Gasteiger partial charge in [0.25, 0.3) is 0 Å². The lowest BCUT2D eigenvalue weighted by Crippen LogP contribution is -2.48. The van der Waals surface area contributed by atoms with E-state index in [9.17, 15) is 9.59 Å². The molecule has 0 aromatic heterocycles. The standard InChI is InChI=1S/C15H22N2O3/c1-3-11(2)16-15(20)17-13(14(18)19)10-9-12-7-5-4-6-8-12/h4-8,11,13H,3,9-10H2,1-2H3,(H,18,19)(H2,16,17,20)/t11?,13-/m0/s1. The maximum atomic E-state index is 11.7. The summed E-state index contributed by atoms with van der Waals surface area (Å²) in [6.07, 6.45) is 1.78. The zero-order valence-electron chi connectivity index (χ0n) is 11.9. The van der Waals surface area contributed by atoms with Crippen molar-refractivity contribution in [2.24, 2.45) is 0 Å². The van der Waals surface area contributed by atoms with Gasteiger partial charge < -0.3 is 15.7 Å². The highest BCUT2D eigenvalue weighted by atomic mass is 16.4.